The van der Waals surface area contributed by atoms with Gasteiger partial charge < -0.3 is 10.1 Å². The third-order valence-corrected chi connectivity index (χ3v) is 4.51. The van der Waals surface area contributed by atoms with Crippen LogP contribution in [0.1, 0.15) is 43.0 Å². The highest BCUT2D eigenvalue weighted by Crippen LogP contribution is 2.23. The minimum absolute atomic E-state index is 0.211. The number of rotatable bonds is 4. The van der Waals surface area contributed by atoms with Gasteiger partial charge in [0.15, 0.2) is 6.61 Å². The lowest BCUT2D eigenvalue weighted by molar-refractivity contribution is -0.125. The fourth-order valence-corrected chi connectivity index (χ4v) is 2.83. The van der Waals surface area contributed by atoms with Crippen LogP contribution in [0.2, 0.25) is 0 Å². The maximum absolute atomic E-state index is 11.8. The Balaban J connectivity index is 1.73. The number of nitrogens with one attached hydrogen (secondary N) is 1. The number of carbonyl (C=O) groups excluding carboxylic acids is 2. The van der Waals surface area contributed by atoms with Crippen molar-refractivity contribution in [1.29, 1.82) is 0 Å². The third kappa shape index (κ3) is 5.30. The first-order chi connectivity index (χ1) is 10.0. The normalized spacial score (nSPS) is 21.6. The van der Waals surface area contributed by atoms with Crippen LogP contribution in [0, 0.1) is 9.49 Å². The van der Waals surface area contributed by atoms with Gasteiger partial charge in [0.25, 0.3) is 5.91 Å². The summed E-state index contributed by atoms with van der Waals surface area (Å²) in [6.07, 6.45) is 4.32. The standard InChI is InChI=1S/C16H20INO3/c1-11-2-8-14(9-3-11)18-15(19)10-21-16(20)12-4-6-13(17)7-5-12/h4-7,11,14H,2-3,8-10H2,1H3,(H,18,19). The summed E-state index contributed by atoms with van der Waals surface area (Å²) in [6, 6.07) is 7.29. The van der Waals surface area contributed by atoms with Crippen molar-refractivity contribution >= 4 is 34.5 Å². The van der Waals surface area contributed by atoms with E-state index in [-0.39, 0.29) is 18.6 Å². The van der Waals surface area contributed by atoms with Gasteiger partial charge in [0.2, 0.25) is 0 Å². The first-order valence-electron chi connectivity index (χ1n) is 7.26. The molecule has 0 spiro atoms. The second kappa shape index (κ2) is 7.77. The molecule has 114 valence electrons. The molecule has 1 aromatic carbocycles. The average Bonchev–Trinajstić information content (AvgIpc) is 2.48. The molecule has 0 heterocycles. The zero-order valence-corrected chi connectivity index (χ0v) is 14.3. The van der Waals surface area contributed by atoms with Crippen molar-refractivity contribution in [2.24, 2.45) is 5.92 Å². The number of ether oxygens (including phenoxy) is 1. The van der Waals surface area contributed by atoms with Crippen LogP contribution in [0.25, 0.3) is 0 Å². The van der Waals surface area contributed by atoms with Crippen LogP contribution >= 0.6 is 22.6 Å². The van der Waals surface area contributed by atoms with Gasteiger partial charge in [-0.15, -0.1) is 0 Å². The van der Waals surface area contributed by atoms with Crippen molar-refractivity contribution in [1.82, 2.24) is 5.32 Å². The van der Waals surface area contributed by atoms with Crippen molar-refractivity contribution in [2.45, 2.75) is 38.6 Å². The molecule has 0 saturated heterocycles. The highest BCUT2D eigenvalue weighted by atomic mass is 127. The Morgan fingerprint density at radius 2 is 1.81 bits per heavy atom. The van der Waals surface area contributed by atoms with Crippen LogP contribution < -0.4 is 5.32 Å². The summed E-state index contributed by atoms with van der Waals surface area (Å²) in [4.78, 5) is 23.6. The number of hydrogen-bond acceptors (Lipinski definition) is 3. The Hall–Kier alpha value is -1.11. The second-order valence-electron chi connectivity index (χ2n) is 5.61. The van der Waals surface area contributed by atoms with Gasteiger partial charge in [-0.1, -0.05) is 6.92 Å². The number of carbonyl (C=O) groups is 2. The number of benzene rings is 1. The highest BCUT2D eigenvalue weighted by molar-refractivity contribution is 14.1. The summed E-state index contributed by atoms with van der Waals surface area (Å²) >= 11 is 2.17. The molecular formula is C16H20INO3. The summed E-state index contributed by atoms with van der Waals surface area (Å²) in [5.41, 5.74) is 0.467. The molecule has 1 aliphatic rings. The Morgan fingerprint density at radius 3 is 2.43 bits per heavy atom. The number of esters is 1. The molecule has 21 heavy (non-hydrogen) atoms. The Morgan fingerprint density at radius 1 is 1.19 bits per heavy atom. The largest absolute Gasteiger partial charge is 0.452 e. The number of halogens is 1. The van der Waals surface area contributed by atoms with Crippen LogP contribution in [0.15, 0.2) is 24.3 Å². The van der Waals surface area contributed by atoms with Crippen LogP contribution in [0.4, 0.5) is 0 Å². The minimum atomic E-state index is -0.459. The molecular weight excluding hydrogens is 381 g/mol. The van der Waals surface area contributed by atoms with Gasteiger partial charge in [-0.2, -0.15) is 0 Å². The van der Waals surface area contributed by atoms with Crippen molar-refractivity contribution in [3.63, 3.8) is 0 Å². The van der Waals surface area contributed by atoms with Crippen molar-refractivity contribution in [2.75, 3.05) is 6.61 Å². The average molecular weight is 401 g/mol. The SMILES string of the molecule is CC1CCC(NC(=O)COC(=O)c2ccc(I)cc2)CC1. The zero-order valence-electron chi connectivity index (χ0n) is 12.1. The maximum Gasteiger partial charge on any atom is 0.338 e. The van der Waals surface area contributed by atoms with Gasteiger partial charge in [-0.3, -0.25) is 4.79 Å². The van der Waals surface area contributed by atoms with E-state index in [1.807, 2.05) is 12.1 Å². The van der Waals surface area contributed by atoms with Crippen LogP contribution in [-0.4, -0.2) is 24.5 Å². The predicted molar refractivity (Wildman–Crippen MR) is 89.0 cm³/mol. The lowest BCUT2D eigenvalue weighted by Gasteiger charge is -2.26. The maximum atomic E-state index is 11.8. The van der Waals surface area contributed by atoms with E-state index in [9.17, 15) is 9.59 Å². The molecule has 0 unspecified atom stereocenters. The quantitative estimate of drug-likeness (QED) is 0.623. The van der Waals surface area contributed by atoms with Gasteiger partial charge in [0, 0.05) is 9.61 Å². The van der Waals surface area contributed by atoms with Crippen molar-refractivity contribution in [3.05, 3.63) is 33.4 Å². The molecule has 5 heteroatoms. The van der Waals surface area contributed by atoms with Crippen LogP contribution in [-0.2, 0) is 9.53 Å². The predicted octanol–water partition coefficient (Wildman–Crippen LogP) is 3.14. The summed E-state index contributed by atoms with van der Waals surface area (Å²) in [7, 11) is 0. The monoisotopic (exact) mass is 401 g/mol. The molecule has 0 atom stereocenters. The zero-order chi connectivity index (χ0) is 15.2. The molecule has 0 aliphatic heterocycles. The van der Waals surface area contributed by atoms with E-state index in [1.54, 1.807) is 12.1 Å². The second-order valence-corrected chi connectivity index (χ2v) is 6.85. The van der Waals surface area contributed by atoms with E-state index in [2.05, 4.69) is 34.8 Å². The van der Waals surface area contributed by atoms with E-state index < -0.39 is 5.97 Å². The minimum Gasteiger partial charge on any atom is -0.452 e. The Kier molecular flexibility index (Phi) is 6.02. The molecule has 1 amide bonds. The van der Waals surface area contributed by atoms with E-state index in [4.69, 9.17) is 4.74 Å². The molecule has 1 N–H and O–H groups in total. The van der Waals surface area contributed by atoms with Crippen LogP contribution in [0.5, 0.6) is 0 Å². The molecule has 0 bridgehead atoms. The lowest BCUT2D eigenvalue weighted by Crippen LogP contribution is -2.39. The van der Waals surface area contributed by atoms with Crippen molar-refractivity contribution in [3.8, 4) is 0 Å². The fraction of sp³-hybridized carbons (Fsp3) is 0.500. The summed E-state index contributed by atoms with van der Waals surface area (Å²) in [5, 5.41) is 2.94. The molecule has 0 radical (unpaired) electrons. The summed E-state index contributed by atoms with van der Waals surface area (Å²) in [6.45, 7) is 2.03. The van der Waals surface area contributed by atoms with Crippen LogP contribution in [0.3, 0.4) is 0 Å². The van der Waals surface area contributed by atoms with E-state index in [0.717, 1.165) is 35.2 Å². The van der Waals surface area contributed by atoms with Gasteiger partial charge >= 0.3 is 5.97 Å². The van der Waals surface area contributed by atoms with Gasteiger partial charge in [0.05, 0.1) is 5.56 Å². The number of amides is 1. The smallest absolute Gasteiger partial charge is 0.338 e. The van der Waals surface area contributed by atoms with Gasteiger partial charge in [0.1, 0.15) is 0 Å². The van der Waals surface area contributed by atoms with E-state index in [0.29, 0.717) is 5.56 Å². The molecule has 1 saturated carbocycles. The first kappa shape index (κ1) is 16.3. The summed E-state index contributed by atoms with van der Waals surface area (Å²) < 4.78 is 6.09. The molecule has 2 rings (SSSR count). The summed E-state index contributed by atoms with van der Waals surface area (Å²) in [5.74, 6) is 0.0732. The topological polar surface area (TPSA) is 55.4 Å². The number of hydrogen-bond donors (Lipinski definition) is 1. The van der Waals surface area contributed by atoms with E-state index >= 15 is 0 Å². The fourth-order valence-electron chi connectivity index (χ4n) is 2.47. The first-order valence-corrected chi connectivity index (χ1v) is 8.34. The molecule has 0 aromatic heterocycles. The molecule has 1 aromatic rings. The van der Waals surface area contributed by atoms with Crippen molar-refractivity contribution < 1.29 is 14.3 Å². The molecule has 1 fully saturated rings. The molecule has 1 aliphatic carbocycles. The lowest BCUT2D eigenvalue weighted by atomic mass is 9.87. The third-order valence-electron chi connectivity index (χ3n) is 3.80. The van der Waals surface area contributed by atoms with E-state index in [1.165, 1.54) is 0 Å². The Bertz CT molecular complexity index is 493. The van der Waals surface area contributed by atoms with Gasteiger partial charge in [-0.25, -0.2) is 4.79 Å². The molecule has 4 nitrogen and oxygen atoms in total. The highest BCUT2D eigenvalue weighted by Gasteiger charge is 2.20. The Labute approximate surface area is 138 Å². The van der Waals surface area contributed by atoms with Gasteiger partial charge in [-0.05, 0) is 78.5 Å².